The molecule has 0 aromatic carbocycles. The molecule has 1 aromatic heterocycles. The van der Waals surface area contributed by atoms with E-state index in [0.717, 1.165) is 38.0 Å². The highest BCUT2D eigenvalue weighted by Gasteiger charge is 2.30. The van der Waals surface area contributed by atoms with Crippen molar-refractivity contribution >= 4 is 11.8 Å². The normalized spacial score (nSPS) is 27.3. The van der Waals surface area contributed by atoms with Crippen LogP contribution in [0.3, 0.4) is 0 Å². The van der Waals surface area contributed by atoms with Gasteiger partial charge in [0.05, 0.1) is 6.10 Å². The Morgan fingerprint density at radius 3 is 2.85 bits per heavy atom. The van der Waals surface area contributed by atoms with Crippen molar-refractivity contribution in [1.29, 1.82) is 0 Å². The lowest BCUT2D eigenvalue weighted by Gasteiger charge is -2.35. The van der Waals surface area contributed by atoms with Crippen molar-refractivity contribution in [3.8, 4) is 0 Å². The van der Waals surface area contributed by atoms with Crippen LogP contribution in [0.4, 0.5) is 5.82 Å². The summed E-state index contributed by atoms with van der Waals surface area (Å²) in [5.74, 6) is 1.15. The molecule has 0 amide bonds. The lowest BCUT2D eigenvalue weighted by Crippen LogP contribution is -2.32. The second-order valence-electron chi connectivity index (χ2n) is 5.79. The minimum atomic E-state index is 0.228. The first-order chi connectivity index (χ1) is 9.61. The number of pyridine rings is 1. The monoisotopic (exact) mass is 276 g/mol. The van der Waals surface area contributed by atoms with E-state index < -0.39 is 0 Å². The summed E-state index contributed by atoms with van der Waals surface area (Å²) in [6.07, 6.45) is 6.61. The molecule has 1 saturated carbocycles. The topological polar surface area (TPSA) is 72.5 Å². The van der Waals surface area contributed by atoms with Gasteiger partial charge in [0.25, 0.3) is 0 Å². The van der Waals surface area contributed by atoms with Gasteiger partial charge in [0.1, 0.15) is 5.82 Å². The fourth-order valence-corrected chi connectivity index (χ4v) is 2.57. The number of aromatic nitrogens is 1. The van der Waals surface area contributed by atoms with Crippen LogP contribution in [0.25, 0.3) is 0 Å². The Balaban J connectivity index is 1.85. The van der Waals surface area contributed by atoms with Gasteiger partial charge in [0, 0.05) is 19.9 Å². The highest BCUT2D eigenvalue weighted by molar-refractivity contribution is 5.91. The second-order valence-corrected chi connectivity index (χ2v) is 5.79. The van der Waals surface area contributed by atoms with E-state index in [1.54, 1.807) is 13.3 Å². The van der Waals surface area contributed by atoms with Crippen LogP contribution in [0, 0.1) is 5.41 Å². The molecule has 1 aliphatic carbocycles. The summed E-state index contributed by atoms with van der Waals surface area (Å²) < 4.78 is 5.41. The van der Waals surface area contributed by atoms with Gasteiger partial charge in [-0.1, -0.05) is 13.0 Å². The molecular weight excluding hydrogens is 252 g/mol. The number of nitrogens with one attached hydrogen (secondary N) is 1. The van der Waals surface area contributed by atoms with Gasteiger partial charge in [0.2, 0.25) is 0 Å². The number of hydrogen-bond acceptors (Lipinski definition) is 3. The van der Waals surface area contributed by atoms with Gasteiger partial charge in [-0.25, -0.2) is 4.98 Å². The van der Waals surface area contributed by atoms with Crippen LogP contribution in [0.2, 0.25) is 0 Å². The molecule has 0 atom stereocenters. The van der Waals surface area contributed by atoms with Crippen LogP contribution in [0.1, 0.15) is 32.6 Å². The molecule has 5 heteroatoms. The number of ether oxygens (including phenoxy) is 1. The van der Waals surface area contributed by atoms with Crippen molar-refractivity contribution in [3.05, 3.63) is 24.4 Å². The third kappa shape index (κ3) is 4.20. The molecule has 1 heterocycles. The molecule has 20 heavy (non-hydrogen) atoms. The Morgan fingerprint density at radius 1 is 1.50 bits per heavy atom. The van der Waals surface area contributed by atoms with E-state index in [-0.39, 0.29) is 5.41 Å². The first-order valence-corrected chi connectivity index (χ1v) is 7.12. The highest BCUT2D eigenvalue weighted by atomic mass is 16.5. The van der Waals surface area contributed by atoms with Crippen LogP contribution >= 0.6 is 0 Å². The van der Waals surface area contributed by atoms with Gasteiger partial charge in [0.15, 0.2) is 5.96 Å². The summed E-state index contributed by atoms with van der Waals surface area (Å²) in [4.78, 5) is 8.63. The highest BCUT2D eigenvalue weighted by Crippen LogP contribution is 2.36. The fraction of sp³-hybridized carbons (Fsp3) is 0.600. The van der Waals surface area contributed by atoms with E-state index in [1.807, 2.05) is 18.2 Å². The van der Waals surface area contributed by atoms with E-state index in [1.165, 1.54) is 0 Å². The largest absolute Gasteiger partial charge is 0.381 e. The number of aliphatic imine (C=N–C) groups is 1. The van der Waals surface area contributed by atoms with Crippen molar-refractivity contribution in [1.82, 2.24) is 4.98 Å². The average Bonchev–Trinajstić information content (AvgIpc) is 2.47. The Kier molecular flexibility index (Phi) is 4.95. The summed E-state index contributed by atoms with van der Waals surface area (Å²) in [5.41, 5.74) is 6.14. The van der Waals surface area contributed by atoms with E-state index in [2.05, 4.69) is 22.2 Å². The van der Waals surface area contributed by atoms with Gasteiger partial charge >= 0.3 is 0 Å². The zero-order chi connectivity index (χ0) is 14.4. The van der Waals surface area contributed by atoms with Gasteiger partial charge in [-0.2, -0.15) is 0 Å². The quantitative estimate of drug-likeness (QED) is 0.654. The van der Waals surface area contributed by atoms with Gasteiger partial charge < -0.3 is 15.8 Å². The molecule has 0 bridgehead atoms. The zero-order valence-electron chi connectivity index (χ0n) is 12.3. The van der Waals surface area contributed by atoms with E-state index in [9.17, 15) is 0 Å². The van der Waals surface area contributed by atoms with Crippen LogP contribution in [0.15, 0.2) is 29.4 Å². The lowest BCUT2D eigenvalue weighted by molar-refractivity contribution is 0.0353. The minimum absolute atomic E-state index is 0.228. The standard InChI is InChI=1S/C15H24N4O/c1-15(8-6-12(20-2)7-9-15)11-18-14(16)19-13-5-3-4-10-17-13/h3-5,10,12H,6-9,11H2,1-2H3,(H3,16,17,18,19). The van der Waals surface area contributed by atoms with Crippen molar-refractivity contribution in [2.24, 2.45) is 16.1 Å². The maximum absolute atomic E-state index is 5.91. The van der Waals surface area contributed by atoms with Crippen LogP contribution in [-0.2, 0) is 4.74 Å². The van der Waals surface area contributed by atoms with Crippen molar-refractivity contribution in [3.63, 3.8) is 0 Å². The number of hydrogen-bond donors (Lipinski definition) is 2. The summed E-state index contributed by atoms with van der Waals surface area (Å²) in [6.45, 7) is 3.02. The smallest absolute Gasteiger partial charge is 0.194 e. The molecule has 0 unspecified atom stereocenters. The summed E-state index contributed by atoms with van der Waals surface area (Å²) >= 11 is 0. The van der Waals surface area contributed by atoms with E-state index in [0.29, 0.717) is 12.1 Å². The molecule has 1 aliphatic rings. The first-order valence-electron chi connectivity index (χ1n) is 7.12. The molecule has 5 nitrogen and oxygen atoms in total. The second kappa shape index (κ2) is 6.70. The van der Waals surface area contributed by atoms with Crippen LogP contribution in [-0.4, -0.2) is 30.7 Å². The summed E-state index contributed by atoms with van der Waals surface area (Å²) in [5, 5.41) is 3.01. The predicted molar refractivity (Wildman–Crippen MR) is 81.7 cm³/mol. The van der Waals surface area contributed by atoms with E-state index in [4.69, 9.17) is 10.5 Å². The Bertz CT molecular complexity index is 438. The Hall–Kier alpha value is -1.62. The number of anilines is 1. The third-order valence-electron chi connectivity index (χ3n) is 4.03. The Labute approximate surface area is 120 Å². The SMILES string of the molecule is COC1CCC(C)(CN=C(N)Nc2ccccn2)CC1. The van der Waals surface area contributed by atoms with Gasteiger partial charge in [-0.15, -0.1) is 0 Å². The maximum Gasteiger partial charge on any atom is 0.194 e. The number of methoxy groups -OCH3 is 1. The molecule has 1 aromatic rings. The fourth-order valence-electron chi connectivity index (χ4n) is 2.57. The number of nitrogens with zero attached hydrogens (tertiary/aromatic N) is 2. The Morgan fingerprint density at radius 2 is 2.25 bits per heavy atom. The van der Waals surface area contributed by atoms with Crippen molar-refractivity contribution < 1.29 is 4.74 Å². The van der Waals surface area contributed by atoms with Gasteiger partial charge in [-0.05, 0) is 43.2 Å². The molecule has 110 valence electrons. The zero-order valence-corrected chi connectivity index (χ0v) is 12.3. The summed E-state index contributed by atoms with van der Waals surface area (Å²) in [7, 11) is 1.79. The first kappa shape index (κ1) is 14.8. The molecule has 0 aliphatic heterocycles. The van der Waals surface area contributed by atoms with Crippen molar-refractivity contribution in [2.75, 3.05) is 19.0 Å². The van der Waals surface area contributed by atoms with Crippen LogP contribution in [0.5, 0.6) is 0 Å². The van der Waals surface area contributed by atoms with E-state index >= 15 is 0 Å². The number of rotatable bonds is 4. The summed E-state index contributed by atoms with van der Waals surface area (Å²) in [6, 6.07) is 5.65. The van der Waals surface area contributed by atoms with Crippen LogP contribution < -0.4 is 11.1 Å². The number of nitrogens with two attached hydrogens (primary N) is 1. The minimum Gasteiger partial charge on any atom is -0.381 e. The van der Waals surface area contributed by atoms with Crippen molar-refractivity contribution in [2.45, 2.75) is 38.7 Å². The predicted octanol–water partition coefficient (Wildman–Crippen LogP) is 2.40. The molecule has 2 rings (SSSR count). The molecule has 0 saturated heterocycles. The van der Waals surface area contributed by atoms with Gasteiger partial charge in [-0.3, -0.25) is 4.99 Å². The molecule has 0 radical (unpaired) electrons. The number of guanidine groups is 1. The average molecular weight is 276 g/mol. The molecule has 3 N–H and O–H groups in total. The third-order valence-corrected chi connectivity index (χ3v) is 4.03. The molecule has 0 spiro atoms. The molecular formula is C15H24N4O. The molecule has 1 fully saturated rings. The maximum atomic E-state index is 5.91. The lowest BCUT2D eigenvalue weighted by atomic mass is 9.75.